The van der Waals surface area contributed by atoms with Gasteiger partial charge in [-0.1, -0.05) is 0 Å². The Hall–Kier alpha value is -1.67. The first kappa shape index (κ1) is 17.4. The van der Waals surface area contributed by atoms with E-state index in [0.29, 0.717) is 6.42 Å². The average molecular weight is 304 g/mol. The predicted octanol–water partition coefficient (Wildman–Crippen LogP) is 0.174. The summed E-state index contributed by atoms with van der Waals surface area (Å²) in [6.07, 6.45) is -2.57. The summed E-state index contributed by atoms with van der Waals surface area (Å²) in [4.78, 5) is 33.2. The minimum absolute atomic E-state index is 0.187. The lowest BCUT2D eigenvalue weighted by atomic mass is 10.1. The Morgan fingerprint density at radius 1 is 1.14 bits per heavy atom. The highest BCUT2D eigenvalue weighted by atomic mass is 16.7. The second-order valence-electron chi connectivity index (χ2n) is 4.60. The molecule has 1 fully saturated rings. The summed E-state index contributed by atoms with van der Waals surface area (Å²) in [6.45, 7) is 3.55. The first-order valence-corrected chi connectivity index (χ1v) is 6.49. The Labute approximate surface area is 122 Å². The summed E-state index contributed by atoms with van der Waals surface area (Å²) in [5.41, 5.74) is 0. The number of ether oxygens (including phenoxy) is 5. The van der Waals surface area contributed by atoms with Gasteiger partial charge in [-0.3, -0.25) is 14.4 Å². The van der Waals surface area contributed by atoms with Crippen LogP contribution in [0.3, 0.4) is 0 Å². The van der Waals surface area contributed by atoms with Crippen molar-refractivity contribution in [2.45, 2.75) is 51.8 Å². The molecule has 1 heterocycles. The van der Waals surface area contributed by atoms with Gasteiger partial charge in [0.2, 0.25) is 0 Å². The molecule has 8 nitrogen and oxygen atoms in total. The summed E-state index contributed by atoms with van der Waals surface area (Å²) in [6, 6.07) is 0. The minimum Gasteiger partial charge on any atom is -0.462 e. The van der Waals surface area contributed by atoms with Crippen LogP contribution in [-0.4, -0.2) is 56.2 Å². The van der Waals surface area contributed by atoms with Crippen molar-refractivity contribution in [1.82, 2.24) is 0 Å². The topological polar surface area (TPSA) is 97.4 Å². The van der Waals surface area contributed by atoms with Crippen molar-refractivity contribution in [2.75, 3.05) is 13.7 Å². The first-order chi connectivity index (χ1) is 9.83. The average Bonchev–Trinajstić information content (AvgIpc) is 2.76. The SMILES string of the molecule is COC1CC(OC(C)=O)C(C(COC(C)=O)OC(C)=O)O1. The third-order valence-electron chi connectivity index (χ3n) is 2.81. The van der Waals surface area contributed by atoms with Gasteiger partial charge in [-0.25, -0.2) is 0 Å². The van der Waals surface area contributed by atoms with Crippen LogP contribution in [-0.2, 0) is 38.1 Å². The fraction of sp³-hybridized carbons (Fsp3) is 0.769. The van der Waals surface area contributed by atoms with Gasteiger partial charge in [0.25, 0.3) is 0 Å². The van der Waals surface area contributed by atoms with Crippen molar-refractivity contribution in [3.05, 3.63) is 0 Å². The van der Waals surface area contributed by atoms with Crippen LogP contribution in [0.1, 0.15) is 27.2 Å². The van der Waals surface area contributed by atoms with Gasteiger partial charge in [0.1, 0.15) is 18.8 Å². The maximum atomic E-state index is 11.2. The van der Waals surface area contributed by atoms with Crippen molar-refractivity contribution < 1.29 is 38.1 Å². The van der Waals surface area contributed by atoms with E-state index in [1.807, 2.05) is 0 Å². The molecule has 0 saturated carbocycles. The van der Waals surface area contributed by atoms with Gasteiger partial charge in [-0.15, -0.1) is 0 Å². The molecular weight excluding hydrogens is 284 g/mol. The van der Waals surface area contributed by atoms with E-state index in [0.717, 1.165) is 0 Å². The Balaban J connectivity index is 2.81. The molecule has 21 heavy (non-hydrogen) atoms. The molecular formula is C13H20O8. The van der Waals surface area contributed by atoms with Gasteiger partial charge in [0, 0.05) is 34.3 Å². The van der Waals surface area contributed by atoms with Crippen LogP contribution < -0.4 is 0 Å². The number of hydrogen-bond acceptors (Lipinski definition) is 8. The molecule has 0 N–H and O–H groups in total. The van der Waals surface area contributed by atoms with Crippen molar-refractivity contribution in [3.63, 3.8) is 0 Å². The zero-order valence-electron chi connectivity index (χ0n) is 12.5. The van der Waals surface area contributed by atoms with E-state index in [-0.39, 0.29) is 6.61 Å². The third kappa shape index (κ3) is 5.68. The standard InChI is InChI=1S/C13H20O8/c1-7(14)18-6-11(20-9(3)16)13-10(19-8(2)15)5-12(17-4)21-13/h10-13H,5-6H2,1-4H3. The van der Waals surface area contributed by atoms with E-state index in [1.165, 1.54) is 27.9 Å². The van der Waals surface area contributed by atoms with Crippen LogP contribution in [0.25, 0.3) is 0 Å². The fourth-order valence-electron chi connectivity index (χ4n) is 2.06. The van der Waals surface area contributed by atoms with Crippen LogP contribution in [0.5, 0.6) is 0 Å². The van der Waals surface area contributed by atoms with Crippen LogP contribution in [0.15, 0.2) is 0 Å². The molecule has 0 aromatic heterocycles. The molecule has 0 amide bonds. The second-order valence-corrected chi connectivity index (χ2v) is 4.60. The lowest BCUT2D eigenvalue weighted by molar-refractivity contribution is -0.186. The van der Waals surface area contributed by atoms with Crippen molar-refractivity contribution >= 4 is 17.9 Å². The molecule has 4 unspecified atom stereocenters. The third-order valence-corrected chi connectivity index (χ3v) is 2.81. The van der Waals surface area contributed by atoms with Gasteiger partial charge in [-0.05, 0) is 0 Å². The second kappa shape index (κ2) is 7.94. The Morgan fingerprint density at radius 2 is 1.81 bits per heavy atom. The quantitative estimate of drug-likeness (QED) is 0.506. The van der Waals surface area contributed by atoms with Crippen LogP contribution in [0.4, 0.5) is 0 Å². The number of hydrogen-bond donors (Lipinski definition) is 0. The van der Waals surface area contributed by atoms with Gasteiger partial charge in [0.05, 0.1) is 0 Å². The highest BCUT2D eigenvalue weighted by Gasteiger charge is 2.44. The van der Waals surface area contributed by atoms with E-state index in [1.54, 1.807) is 0 Å². The highest BCUT2D eigenvalue weighted by Crippen LogP contribution is 2.28. The van der Waals surface area contributed by atoms with E-state index < -0.39 is 42.5 Å². The molecule has 0 aliphatic carbocycles. The molecule has 0 radical (unpaired) electrons. The summed E-state index contributed by atoms with van der Waals surface area (Å²) >= 11 is 0. The molecule has 1 aliphatic heterocycles. The smallest absolute Gasteiger partial charge is 0.303 e. The number of methoxy groups -OCH3 is 1. The zero-order chi connectivity index (χ0) is 16.0. The molecule has 4 atom stereocenters. The number of rotatable bonds is 6. The molecule has 8 heteroatoms. The molecule has 1 aliphatic rings. The molecule has 0 aromatic carbocycles. The van der Waals surface area contributed by atoms with Crippen molar-refractivity contribution in [1.29, 1.82) is 0 Å². The van der Waals surface area contributed by atoms with Crippen molar-refractivity contribution in [3.8, 4) is 0 Å². The number of esters is 3. The lowest BCUT2D eigenvalue weighted by Crippen LogP contribution is -2.42. The van der Waals surface area contributed by atoms with E-state index in [4.69, 9.17) is 23.7 Å². The monoisotopic (exact) mass is 304 g/mol. The first-order valence-electron chi connectivity index (χ1n) is 6.49. The van der Waals surface area contributed by atoms with E-state index in [9.17, 15) is 14.4 Å². The zero-order valence-corrected chi connectivity index (χ0v) is 12.5. The van der Waals surface area contributed by atoms with Gasteiger partial charge in [0.15, 0.2) is 12.4 Å². The summed E-state index contributed by atoms with van der Waals surface area (Å²) in [7, 11) is 1.45. The Kier molecular flexibility index (Phi) is 6.57. The summed E-state index contributed by atoms with van der Waals surface area (Å²) in [5, 5.41) is 0. The number of carbonyl (C=O) groups excluding carboxylic acids is 3. The molecule has 0 bridgehead atoms. The minimum atomic E-state index is -0.879. The lowest BCUT2D eigenvalue weighted by Gasteiger charge is -2.26. The molecule has 1 saturated heterocycles. The fourth-order valence-corrected chi connectivity index (χ4v) is 2.06. The maximum absolute atomic E-state index is 11.2. The van der Waals surface area contributed by atoms with Crippen LogP contribution >= 0.6 is 0 Å². The highest BCUT2D eigenvalue weighted by molar-refractivity contribution is 5.67. The largest absolute Gasteiger partial charge is 0.462 e. The molecule has 1 rings (SSSR count). The Bertz CT molecular complexity index is 394. The van der Waals surface area contributed by atoms with Gasteiger partial charge >= 0.3 is 17.9 Å². The molecule has 0 spiro atoms. The van der Waals surface area contributed by atoms with E-state index >= 15 is 0 Å². The van der Waals surface area contributed by atoms with Crippen LogP contribution in [0, 0.1) is 0 Å². The number of carbonyl (C=O) groups is 3. The Morgan fingerprint density at radius 3 is 2.29 bits per heavy atom. The molecule has 0 aromatic rings. The molecule has 120 valence electrons. The normalized spacial score (nSPS) is 26.0. The van der Waals surface area contributed by atoms with Crippen LogP contribution in [0.2, 0.25) is 0 Å². The van der Waals surface area contributed by atoms with Gasteiger partial charge < -0.3 is 23.7 Å². The van der Waals surface area contributed by atoms with Gasteiger partial charge in [-0.2, -0.15) is 0 Å². The predicted molar refractivity (Wildman–Crippen MR) is 68.0 cm³/mol. The van der Waals surface area contributed by atoms with Crippen molar-refractivity contribution in [2.24, 2.45) is 0 Å². The maximum Gasteiger partial charge on any atom is 0.303 e. The van der Waals surface area contributed by atoms with E-state index in [2.05, 4.69) is 0 Å². The summed E-state index contributed by atoms with van der Waals surface area (Å²) in [5.74, 6) is -1.56. The summed E-state index contributed by atoms with van der Waals surface area (Å²) < 4.78 is 25.7.